The molecule has 0 amide bonds. The Labute approximate surface area is 81.7 Å². The molecule has 0 aromatic heterocycles. The van der Waals surface area contributed by atoms with Crippen LogP contribution in [-0.4, -0.2) is 36.3 Å². The molecule has 0 rings (SSSR count). The van der Waals surface area contributed by atoms with Crippen LogP contribution in [0.4, 0.5) is 0 Å². The van der Waals surface area contributed by atoms with E-state index in [0.717, 1.165) is 0 Å². The summed E-state index contributed by atoms with van der Waals surface area (Å²) in [6.07, 6.45) is 0. The summed E-state index contributed by atoms with van der Waals surface area (Å²) in [6, 6.07) is 0. The molecular formula is C4H10MgO2Ti+4. The molecule has 0 N–H and O–H groups in total. The van der Waals surface area contributed by atoms with E-state index in [9.17, 15) is 0 Å². The van der Waals surface area contributed by atoms with Crippen molar-refractivity contribution >= 4 is 23.1 Å². The van der Waals surface area contributed by atoms with Gasteiger partial charge in [0.25, 0.3) is 0 Å². The summed E-state index contributed by atoms with van der Waals surface area (Å²) >= 11 is 0. The minimum atomic E-state index is 0. The Morgan fingerprint density at radius 1 is 1.00 bits per heavy atom. The molecule has 0 aliphatic rings. The Bertz CT molecular complexity index is 16.0. The van der Waals surface area contributed by atoms with E-state index < -0.39 is 0 Å². The molecule has 40 valence electrons. The van der Waals surface area contributed by atoms with Crippen LogP contribution in [0.25, 0.3) is 0 Å². The van der Waals surface area contributed by atoms with Crippen LogP contribution in [0.1, 0.15) is 13.8 Å². The van der Waals surface area contributed by atoms with Gasteiger partial charge in [0.1, 0.15) is 0 Å². The van der Waals surface area contributed by atoms with Crippen molar-refractivity contribution in [1.29, 1.82) is 0 Å². The minimum Gasteiger partial charge on any atom is -0.855 e. The molecule has 0 fully saturated rings. The molecule has 2 nitrogen and oxygen atoms in total. The molecular weight excluding hydrogens is 152 g/mol. The Kier molecular flexibility index (Phi) is 113. The van der Waals surface area contributed by atoms with Crippen LogP contribution < -0.4 is 10.2 Å². The van der Waals surface area contributed by atoms with Gasteiger partial charge in [0.05, 0.1) is 0 Å². The van der Waals surface area contributed by atoms with Crippen molar-refractivity contribution in [1.82, 2.24) is 0 Å². The van der Waals surface area contributed by atoms with E-state index in [2.05, 4.69) is 0 Å². The van der Waals surface area contributed by atoms with Gasteiger partial charge < -0.3 is 10.2 Å². The van der Waals surface area contributed by atoms with Crippen molar-refractivity contribution in [2.75, 3.05) is 13.2 Å². The molecule has 0 radical (unpaired) electrons. The van der Waals surface area contributed by atoms with E-state index in [1.807, 2.05) is 0 Å². The van der Waals surface area contributed by atoms with Gasteiger partial charge in [-0.15, -0.1) is 13.2 Å². The van der Waals surface area contributed by atoms with Gasteiger partial charge in [-0.3, -0.25) is 0 Å². The SMILES string of the molecule is CC[O-].CC[O-].[Mg+2].[Ti+4]. The summed E-state index contributed by atoms with van der Waals surface area (Å²) in [4.78, 5) is 0. The second-order valence-electron chi connectivity index (χ2n) is 0.577. The van der Waals surface area contributed by atoms with Crippen molar-refractivity contribution in [2.45, 2.75) is 13.8 Å². The first kappa shape index (κ1) is 22.7. The summed E-state index contributed by atoms with van der Waals surface area (Å²) < 4.78 is 0. The van der Waals surface area contributed by atoms with Gasteiger partial charge in [-0.1, -0.05) is 13.8 Å². The van der Waals surface area contributed by atoms with Crippen molar-refractivity contribution < 1.29 is 31.9 Å². The monoisotopic (exact) mass is 162 g/mol. The van der Waals surface area contributed by atoms with Gasteiger partial charge in [0.2, 0.25) is 0 Å². The average molecular weight is 162 g/mol. The van der Waals surface area contributed by atoms with Crippen molar-refractivity contribution in [3.63, 3.8) is 0 Å². The summed E-state index contributed by atoms with van der Waals surface area (Å²) in [5.41, 5.74) is 0. The van der Waals surface area contributed by atoms with Gasteiger partial charge in [0, 0.05) is 0 Å². The molecule has 0 unspecified atom stereocenters. The maximum atomic E-state index is 8.93. The zero-order valence-corrected chi connectivity index (χ0v) is 8.41. The van der Waals surface area contributed by atoms with Crippen LogP contribution in [0.2, 0.25) is 0 Å². The normalized spacial score (nSPS) is 4.50. The third-order valence-electron chi connectivity index (χ3n) is 0. The van der Waals surface area contributed by atoms with Crippen LogP contribution >= 0.6 is 0 Å². The minimum absolute atomic E-state index is 0. The molecule has 0 aliphatic heterocycles. The van der Waals surface area contributed by atoms with Crippen LogP contribution in [0.5, 0.6) is 0 Å². The third-order valence-corrected chi connectivity index (χ3v) is 0. The number of hydrogen-bond donors (Lipinski definition) is 0. The van der Waals surface area contributed by atoms with E-state index in [4.69, 9.17) is 10.2 Å². The zero-order valence-electron chi connectivity index (χ0n) is 5.44. The van der Waals surface area contributed by atoms with Crippen molar-refractivity contribution in [3.05, 3.63) is 0 Å². The molecule has 0 aromatic rings. The first-order valence-corrected chi connectivity index (χ1v) is 1.99. The summed E-state index contributed by atoms with van der Waals surface area (Å²) in [5, 5.41) is 17.9. The van der Waals surface area contributed by atoms with Gasteiger partial charge in [0.15, 0.2) is 0 Å². The summed E-state index contributed by atoms with van der Waals surface area (Å²) in [5.74, 6) is 0. The molecule has 0 aliphatic carbocycles. The second-order valence-corrected chi connectivity index (χ2v) is 0.577. The van der Waals surface area contributed by atoms with Gasteiger partial charge in [-0.2, -0.15) is 0 Å². The largest absolute Gasteiger partial charge is 4.00 e. The van der Waals surface area contributed by atoms with E-state index in [1.54, 1.807) is 13.8 Å². The average Bonchev–Trinajstić information content (AvgIpc) is 1.39. The van der Waals surface area contributed by atoms with E-state index >= 15 is 0 Å². The first-order valence-electron chi connectivity index (χ1n) is 1.99. The van der Waals surface area contributed by atoms with Crippen LogP contribution in [0.15, 0.2) is 0 Å². The third kappa shape index (κ3) is 155. The number of rotatable bonds is 0. The summed E-state index contributed by atoms with van der Waals surface area (Å²) in [6.45, 7) is 3.14. The fourth-order valence-electron chi connectivity index (χ4n) is 0. The molecule has 0 bridgehead atoms. The van der Waals surface area contributed by atoms with Gasteiger partial charge >= 0.3 is 44.8 Å². The smallest absolute Gasteiger partial charge is 0.855 e. The maximum Gasteiger partial charge on any atom is 4.00 e. The topological polar surface area (TPSA) is 46.1 Å². The molecule has 0 saturated heterocycles. The van der Waals surface area contributed by atoms with Crippen molar-refractivity contribution in [2.24, 2.45) is 0 Å². The zero-order chi connectivity index (χ0) is 5.41. The quantitative estimate of drug-likeness (QED) is 0.401. The van der Waals surface area contributed by atoms with Gasteiger partial charge in [-0.25, -0.2) is 0 Å². The van der Waals surface area contributed by atoms with E-state index in [-0.39, 0.29) is 58.0 Å². The maximum absolute atomic E-state index is 8.93. The van der Waals surface area contributed by atoms with Crippen molar-refractivity contribution in [3.8, 4) is 0 Å². The van der Waals surface area contributed by atoms with Crippen LogP contribution in [0.3, 0.4) is 0 Å². The molecule has 0 aromatic carbocycles. The first-order chi connectivity index (χ1) is 2.83. The standard InChI is InChI=1S/2C2H5O.Mg.Ti/c2*1-2-3;;/h2*2H2,1H3;;/q2*-1;+2;+4. The molecule has 8 heavy (non-hydrogen) atoms. The van der Waals surface area contributed by atoms with Gasteiger partial charge in [-0.05, 0) is 0 Å². The van der Waals surface area contributed by atoms with Crippen LogP contribution in [0, 0.1) is 0 Å². The molecule has 0 saturated carbocycles. The second kappa shape index (κ2) is 39.8. The fraction of sp³-hybridized carbons (Fsp3) is 1.00. The molecule has 4 heteroatoms. The molecule has 0 atom stereocenters. The Hall–Kier alpha value is 1.40. The summed E-state index contributed by atoms with van der Waals surface area (Å²) in [7, 11) is 0. The predicted octanol–water partition coefficient (Wildman–Crippen LogP) is -1.65. The predicted molar refractivity (Wildman–Crippen MR) is 26.8 cm³/mol. The van der Waals surface area contributed by atoms with Crippen LogP contribution in [-0.2, 0) is 21.7 Å². The Balaban J connectivity index is -0.0000000160. The fourth-order valence-corrected chi connectivity index (χ4v) is 0. The Morgan fingerprint density at radius 2 is 1.00 bits per heavy atom. The molecule has 0 spiro atoms. The Morgan fingerprint density at radius 3 is 1.00 bits per heavy atom. The number of hydrogen-bond acceptors (Lipinski definition) is 2. The van der Waals surface area contributed by atoms with E-state index in [0.29, 0.717) is 0 Å². The molecule has 0 heterocycles. The van der Waals surface area contributed by atoms with E-state index in [1.165, 1.54) is 0 Å².